The first kappa shape index (κ1) is 11.4. The highest BCUT2D eigenvalue weighted by molar-refractivity contribution is 5.53. The number of pyridine rings is 1. The molecule has 0 fully saturated rings. The molecule has 0 spiro atoms. The molecule has 0 unspecified atom stereocenters. The molecule has 0 radical (unpaired) electrons. The number of aromatic nitrogens is 2. The van der Waals surface area contributed by atoms with Crippen molar-refractivity contribution in [3.8, 4) is 0 Å². The fourth-order valence-electron chi connectivity index (χ4n) is 1.44. The molecule has 0 bridgehead atoms. The molecule has 5 nitrogen and oxygen atoms in total. The van der Waals surface area contributed by atoms with E-state index < -0.39 is 0 Å². The lowest BCUT2D eigenvalue weighted by atomic mass is 10.3. The zero-order chi connectivity index (χ0) is 12.1. The summed E-state index contributed by atoms with van der Waals surface area (Å²) in [5.74, 6) is 1.60. The van der Waals surface area contributed by atoms with Gasteiger partial charge in [0.05, 0.1) is 36.5 Å². The Morgan fingerprint density at radius 2 is 2.06 bits per heavy atom. The molecular formula is C12H16N4O. The Bertz CT molecular complexity index is 481. The van der Waals surface area contributed by atoms with Crippen molar-refractivity contribution < 1.29 is 4.42 Å². The molecule has 5 heteroatoms. The van der Waals surface area contributed by atoms with Crippen LogP contribution in [0.1, 0.15) is 18.6 Å². The normalized spacial score (nSPS) is 10.2. The van der Waals surface area contributed by atoms with E-state index in [1.165, 1.54) is 0 Å². The van der Waals surface area contributed by atoms with Crippen molar-refractivity contribution in [1.82, 2.24) is 9.97 Å². The van der Waals surface area contributed by atoms with Gasteiger partial charge in [-0.1, -0.05) is 6.92 Å². The van der Waals surface area contributed by atoms with Crippen LogP contribution >= 0.6 is 0 Å². The highest BCUT2D eigenvalue weighted by atomic mass is 16.4. The Balaban J connectivity index is 1.96. The van der Waals surface area contributed by atoms with E-state index in [9.17, 15) is 0 Å². The molecule has 0 aliphatic rings. The van der Waals surface area contributed by atoms with Crippen LogP contribution in [-0.4, -0.2) is 17.0 Å². The second-order valence-corrected chi connectivity index (χ2v) is 3.64. The van der Waals surface area contributed by atoms with E-state index in [1.54, 1.807) is 18.6 Å². The predicted octanol–water partition coefficient (Wildman–Crippen LogP) is 2.29. The van der Waals surface area contributed by atoms with Crippen LogP contribution in [0, 0.1) is 0 Å². The van der Waals surface area contributed by atoms with Gasteiger partial charge in [0.15, 0.2) is 0 Å². The van der Waals surface area contributed by atoms with Crippen molar-refractivity contribution in [2.24, 2.45) is 0 Å². The first-order chi connectivity index (χ1) is 8.31. The molecule has 0 aromatic carbocycles. The zero-order valence-corrected chi connectivity index (χ0v) is 10.0. The molecule has 2 heterocycles. The molecule has 0 aliphatic carbocycles. The zero-order valence-electron chi connectivity index (χ0n) is 10.0. The lowest BCUT2D eigenvalue weighted by Gasteiger charge is -2.05. The van der Waals surface area contributed by atoms with Gasteiger partial charge in [0.1, 0.15) is 5.76 Å². The molecule has 0 saturated heterocycles. The van der Waals surface area contributed by atoms with Crippen LogP contribution in [0.2, 0.25) is 0 Å². The summed E-state index contributed by atoms with van der Waals surface area (Å²) in [5.41, 5.74) is 1.91. The lowest BCUT2D eigenvalue weighted by Crippen LogP contribution is -2.00. The maximum absolute atomic E-state index is 5.50. The average Bonchev–Trinajstić information content (AvgIpc) is 2.84. The standard InChI is InChI=1S/C12H16N4O/c1-3-11-7-16-12(17-11)8-15-10-4-9(13-2)5-14-6-10/h4-7,13,15H,3,8H2,1-2H3. The lowest BCUT2D eigenvalue weighted by molar-refractivity contribution is 0.466. The Hall–Kier alpha value is -2.04. The maximum atomic E-state index is 5.50. The summed E-state index contributed by atoms with van der Waals surface area (Å²) in [6, 6.07) is 1.98. The van der Waals surface area contributed by atoms with E-state index in [4.69, 9.17) is 4.42 Å². The van der Waals surface area contributed by atoms with Gasteiger partial charge in [-0.15, -0.1) is 0 Å². The number of aryl methyl sites for hydroxylation is 1. The van der Waals surface area contributed by atoms with Crippen molar-refractivity contribution in [2.75, 3.05) is 17.7 Å². The molecule has 0 atom stereocenters. The number of hydrogen-bond acceptors (Lipinski definition) is 5. The van der Waals surface area contributed by atoms with Gasteiger partial charge in [0, 0.05) is 13.5 Å². The molecule has 2 aromatic heterocycles. The van der Waals surface area contributed by atoms with Gasteiger partial charge in [0.25, 0.3) is 0 Å². The largest absolute Gasteiger partial charge is 0.444 e. The summed E-state index contributed by atoms with van der Waals surface area (Å²) in [5, 5.41) is 6.25. The van der Waals surface area contributed by atoms with Gasteiger partial charge in [-0.25, -0.2) is 4.98 Å². The minimum absolute atomic E-state index is 0.564. The Morgan fingerprint density at radius 1 is 1.24 bits per heavy atom. The minimum atomic E-state index is 0.564. The highest BCUT2D eigenvalue weighted by Crippen LogP contribution is 2.13. The number of anilines is 2. The summed E-state index contributed by atoms with van der Waals surface area (Å²) >= 11 is 0. The first-order valence-electron chi connectivity index (χ1n) is 5.62. The number of oxazole rings is 1. The Kier molecular flexibility index (Phi) is 3.59. The molecule has 0 aliphatic heterocycles. The van der Waals surface area contributed by atoms with Gasteiger partial charge in [0.2, 0.25) is 5.89 Å². The van der Waals surface area contributed by atoms with Gasteiger partial charge in [-0.05, 0) is 6.07 Å². The smallest absolute Gasteiger partial charge is 0.213 e. The second kappa shape index (κ2) is 5.34. The third-order valence-corrected chi connectivity index (χ3v) is 2.42. The quantitative estimate of drug-likeness (QED) is 0.828. The number of nitrogens with one attached hydrogen (secondary N) is 2. The molecule has 0 saturated carbocycles. The maximum Gasteiger partial charge on any atom is 0.213 e. The van der Waals surface area contributed by atoms with Crippen LogP contribution in [0.25, 0.3) is 0 Å². The molecule has 90 valence electrons. The van der Waals surface area contributed by atoms with Crippen LogP contribution in [0.15, 0.2) is 29.1 Å². The van der Waals surface area contributed by atoms with Crippen molar-refractivity contribution in [3.05, 3.63) is 36.3 Å². The van der Waals surface area contributed by atoms with Gasteiger partial charge < -0.3 is 15.1 Å². The monoisotopic (exact) mass is 232 g/mol. The summed E-state index contributed by atoms with van der Waals surface area (Å²) < 4.78 is 5.50. The van der Waals surface area contributed by atoms with Crippen LogP contribution in [0.3, 0.4) is 0 Å². The van der Waals surface area contributed by atoms with Gasteiger partial charge in [-0.3, -0.25) is 4.98 Å². The van der Waals surface area contributed by atoms with E-state index >= 15 is 0 Å². The van der Waals surface area contributed by atoms with E-state index in [2.05, 4.69) is 20.6 Å². The van der Waals surface area contributed by atoms with Crippen LogP contribution < -0.4 is 10.6 Å². The van der Waals surface area contributed by atoms with Crippen molar-refractivity contribution in [1.29, 1.82) is 0 Å². The summed E-state index contributed by atoms with van der Waals surface area (Å²) in [4.78, 5) is 8.29. The molecule has 2 rings (SSSR count). The molecule has 2 N–H and O–H groups in total. The molecular weight excluding hydrogens is 216 g/mol. The highest BCUT2D eigenvalue weighted by Gasteiger charge is 2.02. The molecule has 17 heavy (non-hydrogen) atoms. The van der Waals surface area contributed by atoms with E-state index in [0.717, 1.165) is 23.6 Å². The van der Waals surface area contributed by atoms with Crippen LogP contribution in [-0.2, 0) is 13.0 Å². The van der Waals surface area contributed by atoms with Gasteiger partial charge >= 0.3 is 0 Å². The fraction of sp³-hybridized carbons (Fsp3) is 0.333. The molecule has 0 amide bonds. The summed E-state index contributed by atoms with van der Waals surface area (Å²) in [7, 11) is 1.86. The topological polar surface area (TPSA) is 63.0 Å². The van der Waals surface area contributed by atoms with Crippen LogP contribution in [0.5, 0.6) is 0 Å². The third-order valence-electron chi connectivity index (χ3n) is 2.42. The van der Waals surface area contributed by atoms with Crippen molar-refractivity contribution >= 4 is 11.4 Å². The van der Waals surface area contributed by atoms with Gasteiger partial charge in [-0.2, -0.15) is 0 Å². The third kappa shape index (κ3) is 2.96. The Morgan fingerprint density at radius 3 is 2.76 bits per heavy atom. The van der Waals surface area contributed by atoms with E-state index in [0.29, 0.717) is 12.4 Å². The van der Waals surface area contributed by atoms with E-state index in [1.807, 2.05) is 20.0 Å². The fourth-order valence-corrected chi connectivity index (χ4v) is 1.44. The van der Waals surface area contributed by atoms with Crippen molar-refractivity contribution in [2.45, 2.75) is 19.9 Å². The van der Waals surface area contributed by atoms with Crippen LogP contribution in [0.4, 0.5) is 11.4 Å². The SMILES string of the molecule is CCc1cnc(CNc2cncc(NC)c2)o1. The predicted molar refractivity (Wildman–Crippen MR) is 67.0 cm³/mol. The van der Waals surface area contributed by atoms with E-state index in [-0.39, 0.29) is 0 Å². The molecule has 2 aromatic rings. The minimum Gasteiger partial charge on any atom is -0.444 e. The Labute approximate surface area is 100 Å². The number of nitrogens with zero attached hydrogens (tertiary/aromatic N) is 2. The summed E-state index contributed by atoms with van der Waals surface area (Å²) in [6.07, 6.45) is 6.17. The summed E-state index contributed by atoms with van der Waals surface area (Å²) in [6.45, 7) is 2.60. The first-order valence-corrected chi connectivity index (χ1v) is 5.62. The number of hydrogen-bond donors (Lipinski definition) is 2. The number of rotatable bonds is 5. The second-order valence-electron chi connectivity index (χ2n) is 3.64. The van der Waals surface area contributed by atoms with Crippen molar-refractivity contribution in [3.63, 3.8) is 0 Å². The average molecular weight is 232 g/mol.